The van der Waals surface area contributed by atoms with Crippen molar-refractivity contribution in [2.45, 2.75) is 38.6 Å². The molecule has 0 radical (unpaired) electrons. The summed E-state index contributed by atoms with van der Waals surface area (Å²) in [4.78, 5) is 12.8. The fourth-order valence-electron chi connectivity index (χ4n) is 2.14. The Morgan fingerprint density at radius 1 is 1.40 bits per heavy atom. The van der Waals surface area contributed by atoms with Gasteiger partial charge in [-0.3, -0.25) is 0 Å². The number of hydrogen-bond acceptors (Lipinski definition) is 4. The Hall–Kier alpha value is -1.16. The molecule has 0 saturated carbocycles. The van der Waals surface area contributed by atoms with Gasteiger partial charge in [-0.1, -0.05) is 18.2 Å². The van der Waals surface area contributed by atoms with Gasteiger partial charge in [-0.2, -0.15) is 0 Å². The molecule has 1 aromatic rings. The molecule has 1 heterocycles. The van der Waals surface area contributed by atoms with Crippen LogP contribution in [0, 0.1) is 0 Å². The van der Waals surface area contributed by atoms with Crippen LogP contribution in [0.3, 0.4) is 0 Å². The molecule has 20 heavy (non-hydrogen) atoms. The number of hydrogen-bond donors (Lipinski definition) is 0. The van der Waals surface area contributed by atoms with Gasteiger partial charge >= 0.3 is 0 Å². The lowest BCUT2D eigenvalue weighted by Crippen LogP contribution is -2.53. The van der Waals surface area contributed by atoms with Crippen LogP contribution in [0.2, 0.25) is 0 Å². The zero-order valence-corrected chi connectivity index (χ0v) is 12.8. The first-order valence-electron chi connectivity index (χ1n) is 6.59. The first-order chi connectivity index (χ1) is 9.43. The van der Waals surface area contributed by atoms with E-state index >= 15 is 0 Å². The maximum atomic E-state index is 11.6. The van der Waals surface area contributed by atoms with Crippen LogP contribution in [0.1, 0.15) is 27.2 Å². The monoisotopic (exact) mass is 296 g/mol. The summed E-state index contributed by atoms with van der Waals surface area (Å²) >= 11 is 0. The lowest BCUT2D eigenvalue weighted by molar-refractivity contribution is -0.247. The summed E-state index contributed by atoms with van der Waals surface area (Å²) in [5.74, 6) is 0. The standard InChI is InChI=1S/C14H20NO4P/c1-11-9-10-18-20(19-11)14(2,3)15(13(16)17)12-7-5-4-6-8-12/h4-8,11H,9-10H2,1-3H3,(H,16,17)/p-1. The molecule has 1 fully saturated rings. The predicted octanol–water partition coefficient (Wildman–Crippen LogP) is 2.71. The highest BCUT2D eigenvalue weighted by atomic mass is 31.2. The third-order valence-corrected chi connectivity index (χ3v) is 5.26. The molecule has 6 heteroatoms. The molecule has 0 aromatic heterocycles. The van der Waals surface area contributed by atoms with Crippen molar-refractivity contribution in [1.82, 2.24) is 0 Å². The number of carboxylic acid groups (broad SMARTS) is 1. The summed E-state index contributed by atoms with van der Waals surface area (Å²) in [6.45, 7) is 6.17. The Kier molecular flexibility index (Phi) is 4.63. The lowest BCUT2D eigenvalue weighted by Gasteiger charge is -2.45. The van der Waals surface area contributed by atoms with Crippen molar-refractivity contribution in [3.05, 3.63) is 30.3 Å². The second kappa shape index (κ2) is 6.08. The van der Waals surface area contributed by atoms with E-state index in [0.29, 0.717) is 12.3 Å². The maximum absolute atomic E-state index is 11.6. The number of para-hydroxylation sites is 1. The minimum Gasteiger partial charge on any atom is -0.530 e. The first-order valence-corrected chi connectivity index (χ1v) is 7.77. The minimum absolute atomic E-state index is 0.0773. The molecule has 0 N–H and O–H groups in total. The van der Waals surface area contributed by atoms with E-state index in [1.54, 1.807) is 38.1 Å². The summed E-state index contributed by atoms with van der Waals surface area (Å²) in [6.07, 6.45) is -0.353. The smallest absolute Gasteiger partial charge is 0.198 e. The quantitative estimate of drug-likeness (QED) is 0.805. The maximum Gasteiger partial charge on any atom is 0.198 e. The summed E-state index contributed by atoms with van der Waals surface area (Å²) in [5, 5.41) is 10.8. The summed E-state index contributed by atoms with van der Waals surface area (Å²) in [6, 6.07) is 8.89. The van der Waals surface area contributed by atoms with Gasteiger partial charge in [0.25, 0.3) is 0 Å². The number of amides is 1. The Balaban J connectivity index is 2.30. The molecule has 1 aliphatic heterocycles. The van der Waals surface area contributed by atoms with Gasteiger partial charge in [0.2, 0.25) is 0 Å². The largest absolute Gasteiger partial charge is 0.530 e. The Labute approximate surface area is 120 Å². The predicted molar refractivity (Wildman–Crippen MR) is 76.4 cm³/mol. The molecule has 1 aliphatic rings. The van der Waals surface area contributed by atoms with Gasteiger partial charge < -0.3 is 23.8 Å². The Bertz CT molecular complexity index is 466. The van der Waals surface area contributed by atoms with E-state index < -0.39 is 19.7 Å². The van der Waals surface area contributed by atoms with E-state index in [4.69, 9.17) is 9.05 Å². The van der Waals surface area contributed by atoms with Gasteiger partial charge in [0.05, 0.1) is 12.7 Å². The van der Waals surface area contributed by atoms with Crippen LogP contribution < -0.4 is 10.0 Å². The van der Waals surface area contributed by atoms with Crippen molar-refractivity contribution in [2.75, 3.05) is 11.5 Å². The molecule has 1 aromatic carbocycles. The Morgan fingerprint density at radius 3 is 2.60 bits per heavy atom. The molecular formula is C14H19NO4P-. The summed E-state index contributed by atoms with van der Waals surface area (Å²) in [7, 11) is -1.34. The number of benzene rings is 1. The van der Waals surface area contributed by atoms with Crippen LogP contribution in [0.5, 0.6) is 0 Å². The second-order valence-electron chi connectivity index (χ2n) is 5.23. The number of anilines is 1. The van der Waals surface area contributed by atoms with Crippen molar-refractivity contribution in [1.29, 1.82) is 0 Å². The summed E-state index contributed by atoms with van der Waals surface area (Å²) in [5.41, 5.74) is 0.561. The second-order valence-corrected chi connectivity index (χ2v) is 7.30. The molecule has 1 saturated heterocycles. The van der Waals surface area contributed by atoms with E-state index in [-0.39, 0.29) is 6.10 Å². The number of nitrogens with zero attached hydrogens (tertiary/aromatic N) is 1. The third-order valence-electron chi connectivity index (χ3n) is 3.20. The van der Waals surface area contributed by atoms with E-state index in [2.05, 4.69) is 0 Å². The van der Waals surface area contributed by atoms with Crippen molar-refractivity contribution in [3.8, 4) is 0 Å². The van der Waals surface area contributed by atoms with Crippen LogP contribution >= 0.6 is 8.38 Å². The van der Waals surface area contributed by atoms with Gasteiger partial charge in [-0.15, -0.1) is 0 Å². The average molecular weight is 296 g/mol. The van der Waals surface area contributed by atoms with Crippen LogP contribution in [-0.2, 0) is 9.05 Å². The van der Waals surface area contributed by atoms with Gasteiger partial charge in [-0.25, -0.2) is 0 Å². The van der Waals surface area contributed by atoms with Gasteiger partial charge in [0, 0.05) is 5.69 Å². The lowest BCUT2D eigenvalue weighted by atomic mass is 10.2. The van der Waals surface area contributed by atoms with E-state index in [1.807, 2.05) is 13.0 Å². The van der Waals surface area contributed by atoms with Gasteiger partial charge in [0.15, 0.2) is 8.38 Å². The first kappa shape index (κ1) is 15.2. The van der Waals surface area contributed by atoms with E-state index in [1.165, 1.54) is 4.90 Å². The molecule has 0 bridgehead atoms. The molecule has 110 valence electrons. The van der Waals surface area contributed by atoms with Crippen molar-refractivity contribution >= 4 is 20.2 Å². The average Bonchev–Trinajstić information content (AvgIpc) is 2.39. The highest BCUT2D eigenvalue weighted by molar-refractivity contribution is 7.49. The minimum atomic E-state index is -1.34. The van der Waals surface area contributed by atoms with Crippen molar-refractivity contribution < 1.29 is 18.9 Å². The van der Waals surface area contributed by atoms with Crippen LogP contribution in [0.25, 0.3) is 0 Å². The molecular weight excluding hydrogens is 277 g/mol. The zero-order chi connectivity index (χ0) is 14.8. The topological polar surface area (TPSA) is 61.8 Å². The van der Waals surface area contributed by atoms with Crippen LogP contribution in [0.4, 0.5) is 10.5 Å². The summed E-state index contributed by atoms with van der Waals surface area (Å²) < 4.78 is 11.5. The molecule has 2 atom stereocenters. The fraction of sp³-hybridized carbons (Fsp3) is 0.500. The molecule has 2 unspecified atom stereocenters. The number of carbonyl (C=O) groups excluding carboxylic acids is 1. The van der Waals surface area contributed by atoms with Crippen molar-refractivity contribution in [3.63, 3.8) is 0 Å². The van der Waals surface area contributed by atoms with Crippen molar-refractivity contribution in [2.24, 2.45) is 0 Å². The van der Waals surface area contributed by atoms with E-state index in [0.717, 1.165) is 6.42 Å². The fourth-order valence-corrected chi connectivity index (χ4v) is 3.84. The third kappa shape index (κ3) is 3.11. The van der Waals surface area contributed by atoms with Crippen LogP contribution in [-0.4, -0.2) is 24.1 Å². The Morgan fingerprint density at radius 2 is 2.05 bits per heavy atom. The molecule has 1 amide bonds. The highest BCUT2D eigenvalue weighted by Crippen LogP contribution is 2.56. The molecule has 0 aliphatic carbocycles. The number of rotatable bonds is 3. The highest BCUT2D eigenvalue weighted by Gasteiger charge is 2.42. The van der Waals surface area contributed by atoms with E-state index in [9.17, 15) is 9.90 Å². The van der Waals surface area contributed by atoms with Gasteiger partial charge in [-0.05, 0) is 39.3 Å². The molecule has 0 spiro atoms. The molecule has 2 rings (SSSR count). The van der Waals surface area contributed by atoms with Gasteiger partial charge in [0.1, 0.15) is 11.4 Å². The van der Waals surface area contributed by atoms with Crippen LogP contribution in [0.15, 0.2) is 30.3 Å². The number of carbonyl (C=O) groups is 1. The normalized spacial score (nSPS) is 23.4. The SMILES string of the molecule is CC1CCOP(C(C)(C)N(C(=O)[O-])c2ccccc2)O1. The molecule has 5 nitrogen and oxygen atoms in total. The zero-order valence-electron chi connectivity index (χ0n) is 11.9.